The third kappa shape index (κ3) is 10.5. The molecule has 0 saturated carbocycles. The van der Waals surface area contributed by atoms with E-state index in [1.165, 1.54) is 119 Å². The van der Waals surface area contributed by atoms with Crippen LogP contribution >= 0.6 is 58.2 Å². The summed E-state index contributed by atoms with van der Waals surface area (Å²) in [6.45, 7) is 11.9. The van der Waals surface area contributed by atoms with Crippen LogP contribution in [0.1, 0.15) is 80.7 Å². The van der Waals surface area contributed by atoms with E-state index in [9.17, 15) is 77.9 Å². The molecule has 10 rings (SSSR count). The minimum atomic E-state index is -1.80. The predicted octanol–water partition coefficient (Wildman–Crippen LogP) is 3.23. The number of aromatic nitrogens is 1. The number of methoxy groups -OCH3 is 1. The van der Waals surface area contributed by atoms with E-state index in [0.717, 1.165) is 4.90 Å². The molecule has 1 unspecified atom stereocenters. The first-order chi connectivity index (χ1) is 38.2. The van der Waals surface area contributed by atoms with Crippen molar-refractivity contribution in [3.05, 3.63) is 92.6 Å². The second-order valence-electron chi connectivity index (χ2n) is 21.0. The highest BCUT2D eigenvalue weighted by Crippen LogP contribution is 2.56. The Kier molecular flexibility index (Phi) is 16.6. The van der Waals surface area contributed by atoms with Crippen LogP contribution in [-0.4, -0.2) is 178 Å². The molecule has 11 atom stereocenters. The first-order valence-corrected chi connectivity index (χ1v) is 28.6. The molecule has 4 aromatic rings. The lowest BCUT2D eigenvalue weighted by molar-refractivity contribution is -0.201. The fourth-order valence-corrected chi connectivity index (χ4v) is 16.5. The number of carboxylic acids is 4. The Bertz CT molecular complexity index is 3290. The molecule has 82 heavy (non-hydrogen) atoms. The van der Waals surface area contributed by atoms with Crippen LogP contribution in [0.15, 0.2) is 63.8 Å². The minimum Gasteiger partial charge on any atom is -0.508 e. The second kappa shape index (κ2) is 22.3. The molecule has 10 N–H and O–H groups in total. The number of phenols is 1. The van der Waals surface area contributed by atoms with Crippen molar-refractivity contribution in [2.24, 2.45) is 5.73 Å². The maximum absolute atomic E-state index is 14.4. The van der Waals surface area contributed by atoms with Gasteiger partial charge >= 0.3 is 23.9 Å². The number of fused-ring (bicyclic) bond motifs is 3. The zero-order chi connectivity index (χ0) is 60.6. The normalized spacial score (nSPS) is 27.2. The highest BCUT2D eigenvalue weighted by atomic mass is 35.5. The van der Waals surface area contributed by atoms with Gasteiger partial charge in [0.15, 0.2) is 5.92 Å². The number of rotatable bonds is 14. The smallest absolute Gasteiger partial charge is 0.327 e. The van der Waals surface area contributed by atoms with E-state index >= 15 is 0 Å². The van der Waals surface area contributed by atoms with Crippen LogP contribution in [0.2, 0.25) is 5.02 Å². The number of hydrogen-bond acceptors (Lipinski definition) is 19. The van der Waals surface area contributed by atoms with Gasteiger partial charge in [0, 0.05) is 21.4 Å². The number of thiophene rings is 1. The number of nitrogens with two attached hydrogens (primary N) is 1. The molecule has 0 aliphatic carbocycles. The second-order valence-corrected chi connectivity index (χ2v) is 27.5. The summed E-state index contributed by atoms with van der Waals surface area (Å²) in [4.78, 5) is 126. The van der Waals surface area contributed by atoms with E-state index in [4.69, 9.17) is 26.6 Å². The molecular formula is C51H54ClFN8O17S4. The van der Waals surface area contributed by atoms with Crippen LogP contribution in [0.25, 0.3) is 11.3 Å². The number of amides is 6. The number of carboxylic acid groups (broad SMARTS) is 4. The summed E-state index contributed by atoms with van der Waals surface area (Å²) in [7, 11) is 1.22. The van der Waals surface area contributed by atoms with Crippen molar-refractivity contribution in [2.75, 3.05) is 7.11 Å². The van der Waals surface area contributed by atoms with Gasteiger partial charge in [0.2, 0.25) is 23.6 Å². The van der Waals surface area contributed by atoms with E-state index in [1.807, 2.05) is 0 Å². The summed E-state index contributed by atoms with van der Waals surface area (Å²) in [6, 6.07) is 5.82. The number of β-lactam (4-membered cyclic amide) rings is 3. The monoisotopic (exact) mass is 1230 g/mol. The maximum atomic E-state index is 14.4. The molecule has 0 radical (unpaired) electrons. The lowest BCUT2D eigenvalue weighted by Crippen LogP contribution is -2.80. The number of nitrogens with zero attached hydrogens (tertiary/aromatic N) is 4. The summed E-state index contributed by atoms with van der Waals surface area (Å²) >= 11 is 11.2. The van der Waals surface area contributed by atoms with Crippen molar-refractivity contribution in [2.45, 2.75) is 127 Å². The molecule has 6 aliphatic rings. The summed E-state index contributed by atoms with van der Waals surface area (Å²) in [5.41, 5.74) is 4.72. The number of ether oxygens (including phenoxy) is 1. The molecule has 2 aromatic carbocycles. The third-order valence-electron chi connectivity index (χ3n) is 14.5. The quantitative estimate of drug-likeness (QED) is 0.0497. The zero-order valence-corrected chi connectivity index (χ0v) is 48.5. The van der Waals surface area contributed by atoms with Gasteiger partial charge in [-0.1, -0.05) is 35.0 Å². The summed E-state index contributed by atoms with van der Waals surface area (Å²) in [5.74, 6) is -10.4. The summed E-state index contributed by atoms with van der Waals surface area (Å²) < 4.78 is 22.6. The van der Waals surface area contributed by atoms with Crippen molar-refractivity contribution in [1.82, 2.24) is 35.8 Å². The summed E-state index contributed by atoms with van der Waals surface area (Å²) in [6.07, 6.45) is 0. The Labute approximate surface area is 487 Å². The number of halogens is 2. The third-order valence-corrected chi connectivity index (χ3v) is 20.3. The largest absolute Gasteiger partial charge is 0.508 e. The van der Waals surface area contributed by atoms with Crippen LogP contribution in [0, 0.1) is 12.7 Å². The number of aliphatic carboxylic acids is 4. The van der Waals surface area contributed by atoms with Gasteiger partial charge in [0.1, 0.15) is 81.0 Å². The molecule has 0 bridgehead atoms. The van der Waals surface area contributed by atoms with E-state index in [-0.39, 0.29) is 33.4 Å². The van der Waals surface area contributed by atoms with E-state index in [1.54, 1.807) is 52.3 Å². The van der Waals surface area contributed by atoms with Crippen LogP contribution in [0.3, 0.4) is 0 Å². The molecule has 0 spiro atoms. The van der Waals surface area contributed by atoms with Crippen LogP contribution in [0.4, 0.5) is 4.39 Å². The topological polar surface area (TPSA) is 379 Å². The van der Waals surface area contributed by atoms with Gasteiger partial charge in [-0.25, -0.2) is 18.8 Å². The van der Waals surface area contributed by atoms with E-state index in [0.29, 0.717) is 11.1 Å². The molecule has 6 aliphatic heterocycles. The first kappa shape index (κ1) is 61.1. The van der Waals surface area contributed by atoms with Crippen molar-refractivity contribution < 1.29 is 87.1 Å². The number of phenolic OH excluding ortho intramolecular Hbond substituents is 1. The molecule has 2 aromatic heterocycles. The van der Waals surface area contributed by atoms with Crippen molar-refractivity contribution in [1.29, 1.82) is 0 Å². The number of carbonyl (C=O) groups is 10. The van der Waals surface area contributed by atoms with Gasteiger partial charge in [-0.15, -0.1) is 35.3 Å². The highest BCUT2D eigenvalue weighted by Gasteiger charge is 2.73. The van der Waals surface area contributed by atoms with Crippen LogP contribution in [-0.2, 0) is 47.9 Å². The van der Waals surface area contributed by atoms with Crippen molar-refractivity contribution >= 4 is 118 Å². The minimum absolute atomic E-state index is 0.0368. The number of carbonyl (C=O) groups excluding carboxylic acids is 6. The molecule has 6 fully saturated rings. The van der Waals surface area contributed by atoms with Crippen LogP contribution in [0.5, 0.6) is 5.75 Å². The Morgan fingerprint density at radius 3 is 1.77 bits per heavy atom. The van der Waals surface area contributed by atoms with Gasteiger partial charge in [-0.3, -0.25) is 33.6 Å². The van der Waals surface area contributed by atoms with Crippen molar-refractivity contribution in [3.63, 3.8) is 0 Å². The Balaban J connectivity index is 0.000000162. The average molecular weight is 1230 g/mol. The lowest BCUT2D eigenvalue weighted by atomic mass is 9.92. The number of aromatic hydroxyl groups is 1. The first-order valence-electron chi connectivity index (χ1n) is 24.6. The van der Waals surface area contributed by atoms with Gasteiger partial charge in [0.05, 0.1) is 10.6 Å². The number of thioether (sulfide) groups is 3. The fraction of sp³-hybridized carbons (Fsp3) is 0.431. The van der Waals surface area contributed by atoms with E-state index in [2.05, 4.69) is 21.1 Å². The Morgan fingerprint density at radius 1 is 0.756 bits per heavy atom. The molecular weight excluding hydrogens is 1180 g/mol. The molecule has 8 heterocycles. The van der Waals surface area contributed by atoms with Gasteiger partial charge in [0.25, 0.3) is 17.5 Å². The maximum Gasteiger partial charge on any atom is 0.327 e. The zero-order valence-electron chi connectivity index (χ0n) is 44.4. The Morgan fingerprint density at radius 2 is 1.28 bits per heavy atom. The van der Waals surface area contributed by atoms with Gasteiger partial charge in [-0.2, -0.15) is 11.3 Å². The standard InChI is InChI=1S/C19H17ClFN3O5S.C16H19N3O5S.C16H18N2O7S2/c1-7-10(12(23-29-7)11-8(20)5-4-6-9(11)21)15(25)22-13-16(26)24-14(18(27)28)19(2,3)30-17(13)24;1-16(2)11(15(23)24)19-13(22)10(14(19)25-16)18-12(21)9(17)7-3-5-8(20)6-4-7;1-15(2)9(12(22)23)18-13(24)16(25-3,14(18)27-15)17-10(19)8(11(20)21)7-4-5-26-6-7/h4-6,13-14,17H,1-3H3,(H,22,25)(H,27,28);3-6,9-11,14,20H,17H2,1-2H3,(H,18,21)(H,23,24);4-6,8-9,14H,1-3H3,(H,17,19)(H,20,21)(H,22,23)/t13-,14+,17-;9-,10-,11+,14-;8?,9-,14+,16-/m110/s1. The number of hydrogen-bond donors (Lipinski definition) is 9. The molecule has 6 saturated heterocycles. The lowest BCUT2D eigenvalue weighted by Gasteiger charge is -2.51. The number of benzene rings is 2. The molecule has 31 heteroatoms. The molecule has 438 valence electrons. The summed E-state index contributed by atoms with van der Waals surface area (Å²) in [5, 5.41) is 60.1. The number of aryl methyl sites for hydroxylation is 1. The Hall–Kier alpha value is -6.96. The van der Waals surface area contributed by atoms with Gasteiger partial charge in [-0.05, 0) is 101 Å². The molecule has 25 nitrogen and oxygen atoms in total. The molecule has 6 amide bonds. The van der Waals surface area contributed by atoms with Gasteiger partial charge < -0.3 is 71.2 Å². The van der Waals surface area contributed by atoms with Crippen molar-refractivity contribution in [3.8, 4) is 17.0 Å². The predicted molar refractivity (Wildman–Crippen MR) is 294 cm³/mol. The van der Waals surface area contributed by atoms with E-state index < -0.39 is 143 Å². The number of nitrogens with one attached hydrogen (secondary N) is 3. The highest BCUT2D eigenvalue weighted by molar-refractivity contribution is 8.02. The average Bonchev–Trinajstić information content (AvgIpc) is 4.37. The van der Waals surface area contributed by atoms with Crippen LogP contribution < -0.4 is 21.7 Å². The SMILES string of the molecule is CC1(C)S[C@@H]2[C@H](NC(=O)[C@H](N)c3ccc(O)cc3)C(=O)N2[C@H]1C(=O)O.CO[C@@]1(NC(=O)C(C(=O)O)c2ccsc2)C(=O)N2[C@@H](C(=O)O)C(C)(C)S[C@@H]21.Cc1onc(-c2c(F)cccc2Cl)c1C(=O)N[C@@H]1C(=O)N2[C@@H]1SC(C)(C)[C@@H]2C(=O)O. The fourth-order valence-electron chi connectivity index (χ4n) is 10.6.